The van der Waals surface area contributed by atoms with E-state index in [9.17, 15) is 14.9 Å². The van der Waals surface area contributed by atoms with Gasteiger partial charge in [-0.2, -0.15) is 0 Å². The first-order chi connectivity index (χ1) is 17.0. The van der Waals surface area contributed by atoms with Crippen molar-refractivity contribution in [3.8, 4) is 0 Å². The number of benzene rings is 3. The number of amides is 1. The Labute approximate surface area is 209 Å². The zero-order chi connectivity index (χ0) is 24.4. The first kappa shape index (κ1) is 23.2. The zero-order valence-electron chi connectivity index (χ0n) is 19.3. The number of halogens is 1. The molecule has 1 saturated heterocycles. The minimum atomic E-state index is -0.375. The maximum atomic E-state index is 13.5. The number of nitro groups is 1. The van der Waals surface area contributed by atoms with Crippen LogP contribution in [0.15, 0.2) is 72.8 Å². The third-order valence-corrected chi connectivity index (χ3v) is 7.24. The van der Waals surface area contributed by atoms with Crippen LogP contribution in [0.2, 0.25) is 5.02 Å². The maximum absolute atomic E-state index is 13.5. The van der Waals surface area contributed by atoms with Gasteiger partial charge in [-0.15, -0.1) is 0 Å². The maximum Gasteiger partial charge on any atom is 0.269 e. The predicted molar refractivity (Wildman–Crippen MR) is 138 cm³/mol. The van der Waals surface area contributed by atoms with Gasteiger partial charge >= 0.3 is 0 Å². The Balaban J connectivity index is 1.39. The van der Waals surface area contributed by atoms with Crippen molar-refractivity contribution >= 4 is 34.6 Å². The third kappa shape index (κ3) is 4.95. The van der Waals surface area contributed by atoms with Crippen molar-refractivity contribution in [2.75, 3.05) is 36.0 Å². The number of anilines is 2. The SMILES string of the molecule is O=C(NCCc1ccccc1)C1Cc2cc([N+](=O)[O-])ccc2N2CCN(c3ccc(Cl)cc3)CC12. The number of hydrogen-bond donors (Lipinski definition) is 1. The van der Waals surface area contributed by atoms with Crippen LogP contribution in [0, 0.1) is 16.0 Å². The van der Waals surface area contributed by atoms with E-state index in [4.69, 9.17) is 11.6 Å². The Kier molecular flexibility index (Phi) is 6.59. The van der Waals surface area contributed by atoms with Crippen LogP contribution in [0.1, 0.15) is 11.1 Å². The topological polar surface area (TPSA) is 78.7 Å². The van der Waals surface area contributed by atoms with Gasteiger partial charge in [-0.05, 0) is 54.3 Å². The summed E-state index contributed by atoms with van der Waals surface area (Å²) in [6.07, 6.45) is 1.23. The summed E-state index contributed by atoms with van der Waals surface area (Å²) >= 11 is 6.08. The second kappa shape index (κ2) is 9.96. The molecule has 1 amide bonds. The van der Waals surface area contributed by atoms with Gasteiger partial charge in [-0.1, -0.05) is 41.9 Å². The Morgan fingerprint density at radius 2 is 1.83 bits per heavy atom. The Morgan fingerprint density at radius 3 is 2.57 bits per heavy atom. The average Bonchev–Trinajstić information content (AvgIpc) is 2.88. The molecule has 0 radical (unpaired) electrons. The minimum absolute atomic E-state index is 0.00829. The Hall–Kier alpha value is -3.58. The highest BCUT2D eigenvalue weighted by atomic mass is 35.5. The van der Waals surface area contributed by atoms with Crippen LogP contribution in [0.25, 0.3) is 0 Å². The second-order valence-electron chi connectivity index (χ2n) is 9.09. The summed E-state index contributed by atoms with van der Waals surface area (Å²) in [7, 11) is 0. The lowest BCUT2D eigenvalue weighted by molar-refractivity contribution is -0.384. The normalized spacial score (nSPS) is 19.0. The molecule has 0 bridgehead atoms. The number of nitrogens with zero attached hydrogens (tertiary/aromatic N) is 3. The number of nitro benzene ring substituents is 1. The van der Waals surface area contributed by atoms with Gasteiger partial charge in [0.1, 0.15) is 0 Å². The fraction of sp³-hybridized carbons (Fsp3) is 0.296. The van der Waals surface area contributed by atoms with Gasteiger partial charge in [0.25, 0.3) is 5.69 Å². The summed E-state index contributed by atoms with van der Waals surface area (Å²) in [6.45, 7) is 2.76. The molecule has 8 heteroatoms. The number of non-ortho nitro benzene ring substituents is 1. The Bertz CT molecular complexity index is 1220. The molecule has 7 nitrogen and oxygen atoms in total. The number of carbonyl (C=O) groups is 1. The summed E-state index contributed by atoms with van der Waals surface area (Å²) < 4.78 is 0. The molecule has 0 saturated carbocycles. The van der Waals surface area contributed by atoms with Crippen molar-refractivity contribution in [2.24, 2.45) is 5.92 Å². The first-order valence-electron chi connectivity index (χ1n) is 11.9. The number of fused-ring (bicyclic) bond motifs is 3. The van der Waals surface area contributed by atoms with Crippen LogP contribution < -0.4 is 15.1 Å². The van der Waals surface area contributed by atoms with Crippen molar-refractivity contribution < 1.29 is 9.72 Å². The van der Waals surface area contributed by atoms with E-state index >= 15 is 0 Å². The molecule has 1 N–H and O–H groups in total. The molecule has 180 valence electrons. The molecule has 0 aromatic heterocycles. The van der Waals surface area contributed by atoms with Gasteiger partial charge in [-0.3, -0.25) is 14.9 Å². The quantitative estimate of drug-likeness (QED) is 0.407. The van der Waals surface area contributed by atoms with Gasteiger partial charge in [-0.25, -0.2) is 0 Å². The number of hydrogen-bond acceptors (Lipinski definition) is 5. The monoisotopic (exact) mass is 490 g/mol. The molecule has 2 aliphatic heterocycles. The van der Waals surface area contributed by atoms with Gasteiger partial charge in [0.2, 0.25) is 5.91 Å². The van der Waals surface area contributed by atoms with Crippen LogP contribution in [-0.2, 0) is 17.6 Å². The highest BCUT2D eigenvalue weighted by molar-refractivity contribution is 6.30. The van der Waals surface area contributed by atoms with Gasteiger partial charge in [0, 0.05) is 54.7 Å². The van der Waals surface area contributed by atoms with Crippen LogP contribution in [0.4, 0.5) is 17.1 Å². The van der Waals surface area contributed by atoms with Gasteiger partial charge in [0.15, 0.2) is 0 Å². The van der Waals surface area contributed by atoms with E-state index in [0.29, 0.717) is 24.5 Å². The second-order valence-corrected chi connectivity index (χ2v) is 9.53. The van der Waals surface area contributed by atoms with E-state index in [1.807, 2.05) is 48.5 Å². The summed E-state index contributed by atoms with van der Waals surface area (Å²) in [4.78, 5) is 29.0. The molecule has 2 heterocycles. The smallest absolute Gasteiger partial charge is 0.269 e. The summed E-state index contributed by atoms with van der Waals surface area (Å²) in [6, 6.07) is 22.8. The fourth-order valence-electron chi connectivity index (χ4n) is 5.22. The van der Waals surface area contributed by atoms with E-state index < -0.39 is 0 Å². The van der Waals surface area contributed by atoms with Crippen LogP contribution in [0.3, 0.4) is 0 Å². The average molecular weight is 491 g/mol. The van der Waals surface area contributed by atoms with E-state index in [1.165, 1.54) is 5.56 Å². The molecule has 3 aromatic rings. The highest BCUT2D eigenvalue weighted by Crippen LogP contribution is 2.38. The van der Waals surface area contributed by atoms with Crippen molar-refractivity contribution in [1.82, 2.24) is 5.32 Å². The molecule has 5 rings (SSSR count). The van der Waals surface area contributed by atoms with E-state index in [2.05, 4.69) is 27.2 Å². The third-order valence-electron chi connectivity index (χ3n) is 6.99. The molecule has 2 atom stereocenters. The molecular weight excluding hydrogens is 464 g/mol. The van der Waals surface area contributed by atoms with Gasteiger partial charge < -0.3 is 15.1 Å². The van der Waals surface area contributed by atoms with Crippen molar-refractivity contribution in [3.05, 3.63) is 99.1 Å². The van der Waals surface area contributed by atoms with E-state index in [0.717, 1.165) is 36.4 Å². The lowest BCUT2D eigenvalue weighted by atomic mass is 9.83. The van der Waals surface area contributed by atoms with Crippen LogP contribution in [0.5, 0.6) is 0 Å². The standard InChI is InChI=1S/C27H27ClN4O3/c28-21-6-8-22(9-7-21)30-14-15-31-25-11-10-23(32(34)35)16-20(25)17-24(26(31)18-30)27(33)29-13-12-19-4-2-1-3-5-19/h1-11,16,24,26H,12-15,17-18H2,(H,29,33). The summed E-state index contributed by atoms with van der Waals surface area (Å²) in [5.41, 5.74) is 4.16. The minimum Gasteiger partial charge on any atom is -0.368 e. The fourth-order valence-corrected chi connectivity index (χ4v) is 5.34. The number of piperazine rings is 1. The molecular formula is C27H27ClN4O3. The van der Waals surface area contributed by atoms with Crippen molar-refractivity contribution in [2.45, 2.75) is 18.9 Å². The number of carbonyl (C=O) groups excluding carboxylic acids is 1. The highest BCUT2D eigenvalue weighted by Gasteiger charge is 2.42. The molecule has 0 aliphatic carbocycles. The molecule has 2 aliphatic rings. The summed E-state index contributed by atoms with van der Waals surface area (Å²) in [5.74, 6) is -0.318. The number of nitrogens with one attached hydrogen (secondary N) is 1. The van der Waals surface area contributed by atoms with Crippen LogP contribution in [-0.4, -0.2) is 43.1 Å². The lowest BCUT2D eigenvalue weighted by Gasteiger charge is -2.49. The molecule has 2 unspecified atom stereocenters. The number of rotatable bonds is 6. The van der Waals surface area contributed by atoms with E-state index in [-0.39, 0.29) is 28.5 Å². The lowest BCUT2D eigenvalue weighted by Crippen LogP contribution is -2.61. The molecule has 0 spiro atoms. The zero-order valence-corrected chi connectivity index (χ0v) is 20.0. The molecule has 3 aromatic carbocycles. The van der Waals surface area contributed by atoms with Crippen molar-refractivity contribution in [1.29, 1.82) is 0 Å². The van der Waals surface area contributed by atoms with Crippen molar-refractivity contribution in [3.63, 3.8) is 0 Å². The molecule has 35 heavy (non-hydrogen) atoms. The van der Waals surface area contributed by atoms with Crippen LogP contribution >= 0.6 is 11.6 Å². The Morgan fingerprint density at radius 1 is 1.06 bits per heavy atom. The predicted octanol–water partition coefficient (Wildman–Crippen LogP) is 4.47. The largest absolute Gasteiger partial charge is 0.368 e. The first-order valence-corrected chi connectivity index (χ1v) is 12.2. The van der Waals surface area contributed by atoms with E-state index in [1.54, 1.807) is 12.1 Å². The summed E-state index contributed by atoms with van der Waals surface area (Å²) in [5, 5.41) is 15.2. The molecule has 1 fully saturated rings. The van der Waals surface area contributed by atoms with Gasteiger partial charge in [0.05, 0.1) is 16.9 Å².